The molecule has 0 atom stereocenters. The van der Waals surface area contributed by atoms with E-state index in [2.05, 4.69) is 10.3 Å². The van der Waals surface area contributed by atoms with Crippen LogP contribution in [0.3, 0.4) is 0 Å². The molecule has 0 saturated carbocycles. The minimum absolute atomic E-state index is 0.265. The highest BCUT2D eigenvalue weighted by Gasteiger charge is 2.17. The summed E-state index contributed by atoms with van der Waals surface area (Å²) >= 11 is 0. The lowest BCUT2D eigenvalue weighted by molar-refractivity contribution is 0.0700. The third-order valence-electron chi connectivity index (χ3n) is 3.24. The van der Waals surface area contributed by atoms with Gasteiger partial charge in [-0.2, -0.15) is 0 Å². The van der Waals surface area contributed by atoms with Gasteiger partial charge in [-0.15, -0.1) is 0 Å². The number of aromatic carboxylic acids is 1. The average Bonchev–Trinajstić information content (AvgIpc) is 2.79. The van der Waals surface area contributed by atoms with Crippen molar-refractivity contribution in [1.82, 2.24) is 4.98 Å². The molecule has 3 aromatic rings. The van der Waals surface area contributed by atoms with Gasteiger partial charge in [0.05, 0.1) is 0 Å². The number of aromatic nitrogens is 1. The number of H-pyrrole nitrogens is 1. The largest absolute Gasteiger partial charge is 0.478 e. The van der Waals surface area contributed by atoms with E-state index < -0.39 is 5.97 Å². The van der Waals surface area contributed by atoms with E-state index >= 15 is 0 Å². The van der Waals surface area contributed by atoms with Crippen LogP contribution in [0.5, 0.6) is 0 Å². The first kappa shape index (κ1) is 12.3. The van der Waals surface area contributed by atoms with Crippen LogP contribution in [0.25, 0.3) is 10.9 Å². The average molecular weight is 266 g/mol. The number of nitrogens with one attached hydrogen (secondary N) is 2. The van der Waals surface area contributed by atoms with E-state index in [-0.39, 0.29) is 5.56 Å². The van der Waals surface area contributed by atoms with Crippen LogP contribution in [0.15, 0.2) is 48.5 Å². The molecule has 0 amide bonds. The van der Waals surface area contributed by atoms with Crippen molar-refractivity contribution in [2.45, 2.75) is 6.92 Å². The SMILES string of the molecule is Cc1ccc(Nc2[nH]c3ccccc3c2C(=O)O)cc1. The molecule has 1 aromatic heterocycles. The molecule has 2 aromatic carbocycles. The van der Waals surface area contributed by atoms with Crippen LogP contribution in [0.2, 0.25) is 0 Å². The minimum atomic E-state index is -0.947. The van der Waals surface area contributed by atoms with Gasteiger partial charge < -0.3 is 15.4 Å². The van der Waals surface area contributed by atoms with Crippen molar-refractivity contribution in [2.24, 2.45) is 0 Å². The number of rotatable bonds is 3. The number of anilines is 2. The van der Waals surface area contributed by atoms with Crippen molar-refractivity contribution >= 4 is 28.4 Å². The number of aryl methyl sites for hydroxylation is 1. The predicted molar refractivity (Wildman–Crippen MR) is 79.7 cm³/mol. The van der Waals surface area contributed by atoms with E-state index in [4.69, 9.17) is 0 Å². The Morgan fingerprint density at radius 3 is 2.50 bits per heavy atom. The number of para-hydroxylation sites is 1. The van der Waals surface area contributed by atoms with Crippen molar-refractivity contribution in [1.29, 1.82) is 0 Å². The van der Waals surface area contributed by atoms with Gasteiger partial charge in [-0.25, -0.2) is 4.79 Å². The summed E-state index contributed by atoms with van der Waals surface area (Å²) in [6.07, 6.45) is 0. The zero-order valence-electron chi connectivity index (χ0n) is 11.0. The molecule has 1 heterocycles. The van der Waals surface area contributed by atoms with Crippen LogP contribution in [-0.4, -0.2) is 16.1 Å². The molecule has 0 aliphatic rings. The van der Waals surface area contributed by atoms with E-state index in [0.717, 1.165) is 16.8 Å². The van der Waals surface area contributed by atoms with Crippen LogP contribution in [-0.2, 0) is 0 Å². The van der Waals surface area contributed by atoms with Crippen molar-refractivity contribution in [3.8, 4) is 0 Å². The summed E-state index contributed by atoms with van der Waals surface area (Å²) in [6, 6.07) is 15.2. The standard InChI is InChI=1S/C16H14N2O2/c1-10-6-8-11(9-7-10)17-15-14(16(19)20)12-4-2-3-5-13(12)18-15/h2-9,17-18H,1H3,(H,19,20). The summed E-state index contributed by atoms with van der Waals surface area (Å²) in [5.74, 6) is -0.445. The van der Waals surface area contributed by atoms with Gasteiger partial charge in [-0.05, 0) is 25.1 Å². The molecule has 0 spiro atoms. The van der Waals surface area contributed by atoms with Gasteiger partial charge in [0, 0.05) is 16.6 Å². The van der Waals surface area contributed by atoms with Gasteiger partial charge in [0.25, 0.3) is 0 Å². The van der Waals surface area contributed by atoms with E-state index in [9.17, 15) is 9.90 Å². The molecule has 3 rings (SSSR count). The first-order valence-electron chi connectivity index (χ1n) is 6.33. The molecule has 4 nitrogen and oxygen atoms in total. The van der Waals surface area contributed by atoms with E-state index in [0.29, 0.717) is 11.2 Å². The van der Waals surface area contributed by atoms with Crippen LogP contribution in [0, 0.1) is 6.92 Å². The number of carbonyl (C=O) groups is 1. The Morgan fingerprint density at radius 1 is 1.10 bits per heavy atom. The number of carboxylic acid groups (broad SMARTS) is 1. The summed E-state index contributed by atoms with van der Waals surface area (Å²) in [5.41, 5.74) is 3.08. The Morgan fingerprint density at radius 2 is 1.80 bits per heavy atom. The first-order valence-corrected chi connectivity index (χ1v) is 6.33. The van der Waals surface area contributed by atoms with Crippen LogP contribution >= 0.6 is 0 Å². The molecular weight excluding hydrogens is 252 g/mol. The van der Waals surface area contributed by atoms with Crippen LogP contribution in [0.4, 0.5) is 11.5 Å². The van der Waals surface area contributed by atoms with E-state index in [1.807, 2.05) is 49.4 Å². The maximum absolute atomic E-state index is 11.5. The molecule has 0 aliphatic heterocycles. The summed E-state index contributed by atoms with van der Waals surface area (Å²) < 4.78 is 0. The second-order valence-corrected chi connectivity index (χ2v) is 4.72. The van der Waals surface area contributed by atoms with E-state index in [1.165, 1.54) is 0 Å². The Bertz CT molecular complexity index is 773. The zero-order chi connectivity index (χ0) is 14.1. The minimum Gasteiger partial charge on any atom is -0.478 e. The van der Waals surface area contributed by atoms with Crippen molar-refractivity contribution in [3.05, 3.63) is 59.7 Å². The Labute approximate surface area is 116 Å². The highest BCUT2D eigenvalue weighted by molar-refractivity contribution is 6.09. The molecule has 0 radical (unpaired) electrons. The Balaban J connectivity index is 2.08. The fourth-order valence-corrected chi connectivity index (χ4v) is 2.24. The number of fused-ring (bicyclic) bond motifs is 1. The quantitative estimate of drug-likeness (QED) is 0.673. The molecule has 0 unspecified atom stereocenters. The number of hydrogen-bond donors (Lipinski definition) is 3. The molecule has 0 saturated heterocycles. The van der Waals surface area contributed by atoms with Gasteiger partial charge in [0.2, 0.25) is 0 Å². The number of benzene rings is 2. The molecule has 0 fully saturated rings. The molecule has 100 valence electrons. The number of carboxylic acids is 1. The lowest BCUT2D eigenvalue weighted by atomic mass is 10.1. The van der Waals surface area contributed by atoms with Crippen LogP contribution < -0.4 is 5.32 Å². The topological polar surface area (TPSA) is 65.1 Å². The fourth-order valence-electron chi connectivity index (χ4n) is 2.24. The fraction of sp³-hybridized carbons (Fsp3) is 0.0625. The highest BCUT2D eigenvalue weighted by Crippen LogP contribution is 2.28. The van der Waals surface area contributed by atoms with Crippen molar-refractivity contribution in [3.63, 3.8) is 0 Å². The first-order chi connectivity index (χ1) is 9.65. The van der Waals surface area contributed by atoms with Crippen molar-refractivity contribution < 1.29 is 9.90 Å². The molecule has 3 N–H and O–H groups in total. The second kappa shape index (κ2) is 4.74. The third kappa shape index (κ3) is 2.12. The third-order valence-corrected chi connectivity index (χ3v) is 3.24. The smallest absolute Gasteiger partial charge is 0.340 e. The van der Waals surface area contributed by atoms with Gasteiger partial charge in [-0.3, -0.25) is 0 Å². The predicted octanol–water partition coefficient (Wildman–Crippen LogP) is 3.92. The second-order valence-electron chi connectivity index (χ2n) is 4.72. The maximum Gasteiger partial charge on any atom is 0.340 e. The highest BCUT2D eigenvalue weighted by atomic mass is 16.4. The van der Waals surface area contributed by atoms with Gasteiger partial charge in [0.15, 0.2) is 0 Å². The monoisotopic (exact) mass is 266 g/mol. The lowest BCUT2D eigenvalue weighted by Crippen LogP contribution is -2.01. The molecule has 20 heavy (non-hydrogen) atoms. The molecule has 0 aliphatic carbocycles. The normalized spacial score (nSPS) is 10.7. The van der Waals surface area contributed by atoms with Gasteiger partial charge in [-0.1, -0.05) is 35.9 Å². The van der Waals surface area contributed by atoms with Gasteiger partial charge >= 0.3 is 5.97 Å². The summed E-state index contributed by atoms with van der Waals surface area (Å²) in [4.78, 5) is 14.6. The van der Waals surface area contributed by atoms with Gasteiger partial charge in [0.1, 0.15) is 11.4 Å². The zero-order valence-corrected chi connectivity index (χ0v) is 11.0. The summed E-state index contributed by atoms with van der Waals surface area (Å²) in [6.45, 7) is 2.01. The Kier molecular flexibility index (Phi) is 2.91. The number of hydrogen-bond acceptors (Lipinski definition) is 2. The molecule has 0 bridgehead atoms. The maximum atomic E-state index is 11.5. The van der Waals surface area contributed by atoms with E-state index in [1.54, 1.807) is 6.07 Å². The molecule has 4 heteroatoms. The summed E-state index contributed by atoms with van der Waals surface area (Å²) in [5, 5.41) is 13.3. The molecular formula is C16H14N2O2. The number of aromatic amines is 1. The Hall–Kier alpha value is -2.75. The lowest BCUT2D eigenvalue weighted by Gasteiger charge is -2.06. The van der Waals surface area contributed by atoms with Crippen molar-refractivity contribution in [2.75, 3.05) is 5.32 Å². The van der Waals surface area contributed by atoms with Crippen LogP contribution in [0.1, 0.15) is 15.9 Å². The summed E-state index contributed by atoms with van der Waals surface area (Å²) in [7, 11) is 0.